The molecule has 0 saturated carbocycles. The first-order valence-corrected chi connectivity index (χ1v) is 8.68. The van der Waals surface area contributed by atoms with Crippen molar-refractivity contribution in [3.63, 3.8) is 0 Å². The molecule has 25 heavy (non-hydrogen) atoms. The highest BCUT2D eigenvalue weighted by molar-refractivity contribution is 5.96. The molecule has 0 radical (unpaired) electrons. The number of aromatic nitrogens is 3. The summed E-state index contributed by atoms with van der Waals surface area (Å²) in [6.45, 7) is 5.94. The molecule has 6 nitrogen and oxygen atoms in total. The van der Waals surface area contributed by atoms with E-state index >= 15 is 0 Å². The second-order valence-electron chi connectivity index (χ2n) is 6.89. The summed E-state index contributed by atoms with van der Waals surface area (Å²) >= 11 is 0. The van der Waals surface area contributed by atoms with Crippen LogP contribution in [0, 0.1) is 18.8 Å². The van der Waals surface area contributed by atoms with Crippen LogP contribution < -0.4 is 5.32 Å². The van der Waals surface area contributed by atoms with E-state index in [0.29, 0.717) is 0 Å². The Labute approximate surface area is 154 Å². The SMILES string of the molecule is Cc1cc(-n2cncn2)ccc1C(=O)N1CC[C@@H]2CNC[C@@H]2CC1.Cl. The summed E-state index contributed by atoms with van der Waals surface area (Å²) in [6.07, 6.45) is 5.40. The summed E-state index contributed by atoms with van der Waals surface area (Å²) in [5.74, 6) is 1.63. The highest BCUT2D eigenvalue weighted by Gasteiger charge is 2.31. The van der Waals surface area contributed by atoms with E-state index in [1.54, 1.807) is 11.0 Å². The minimum absolute atomic E-state index is 0. The molecule has 2 aliphatic rings. The van der Waals surface area contributed by atoms with Gasteiger partial charge in [0.05, 0.1) is 5.69 Å². The number of rotatable bonds is 2. The maximum absolute atomic E-state index is 13.0. The maximum atomic E-state index is 13.0. The fraction of sp³-hybridized carbons (Fsp3) is 0.500. The predicted octanol–water partition coefficient (Wildman–Crippen LogP) is 2.07. The Balaban J connectivity index is 0.00000182. The molecule has 0 bridgehead atoms. The van der Waals surface area contributed by atoms with Gasteiger partial charge in [0.2, 0.25) is 0 Å². The van der Waals surface area contributed by atoms with E-state index < -0.39 is 0 Å². The molecule has 0 aliphatic carbocycles. The molecule has 2 fully saturated rings. The molecule has 3 heterocycles. The molecule has 2 aliphatic heterocycles. The summed E-state index contributed by atoms with van der Waals surface area (Å²) in [5.41, 5.74) is 2.71. The molecule has 1 amide bonds. The Kier molecular flexibility index (Phi) is 5.39. The first-order valence-electron chi connectivity index (χ1n) is 8.68. The quantitative estimate of drug-likeness (QED) is 0.889. The summed E-state index contributed by atoms with van der Waals surface area (Å²) in [4.78, 5) is 19.0. The highest BCUT2D eigenvalue weighted by atomic mass is 35.5. The van der Waals surface area contributed by atoms with Gasteiger partial charge in [-0.3, -0.25) is 4.79 Å². The van der Waals surface area contributed by atoms with Crippen molar-refractivity contribution >= 4 is 18.3 Å². The van der Waals surface area contributed by atoms with Crippen molar-refractivity contribution in [2.24, 2.45) is 11.8 Å². The number of fused-ring (bicyclic) bond motifs is 1. The molecule has 134 valence electrons. The van der Waals surface area contributed by atoms with E-state index in [0.717, 1.165) is 67.7 Å². The number of carbonyl (C=O) groups excluding carboxylic acids is 1. The average Bonchev–Trinajstić information content (AvgIpc) is 3.23. The van der Waals surface area contributed by atoms with Gasteiger partial charge in [-0.2, -0.15) is 5.10 Å². The van der Waals surface area contributed by atoms with E-state index in [2.05, 4.69) is 15.4 Å². The lowest BCUT2D eigenvalue weighted by molar-refractivity contribution is 0.0758. The van der Waals surface area contributed by atoms with Crippen LogP contribution in [0.15, 0.2) is 30.9 Å². The van der Waals surface area contributed by atoms with Crippen molar-refractivity contribution in [2.45, 2.75) is 19.8 Å². The van der Waals surface area contributed by atoms with E-state index in [1.807, 2.05) is 30.0 Å². The van der Waals surface area contributed by atoms with Crippen molar-refractivity contribution in [1.29, 1.82) is 0 Å². The Bertz CT molecular complexity index is 719. The van der Waals surface area contributed by atoms with Gasteiger partial charge in [-0.05, 0) is 68.5 Å². The normalized spacial score (nSPS) is 22.8. The van der Waals surface area contributed by atoms with Gasteiger partial charge in [0.15, 0.2) is 0 Å². The third kappa shape index (κ3) is 3.55. The third-order valence-electron chi connectivity index (χ3n) is 5.43. The second-order valence-corrected chi connectivity index (χ2v) is 6.89. The lowest BCUT2D eigenvalue weighted by Crippen LogP contribution is -2.33. The Hall–Kier alpha value is -1.92. The predicted molar refractivity (Wildman–Crippen MR) is 98.3 cm³/mol. The minimum Gasteiger partial charge on any atom is -0.339 e. The number of hydrogen-bond donors (Lipinski definition) is 1. The monoisotopic (exact) mass is 361 g/mol. The van der Waals surface area contributed by atoms with Crippen LogP contribution in [0.3, 0.4) is 0 Å². The summed E-state index contributed by atoms with van der Waals surface area (Å²) < 4.78 is 1.71. The number of hydrogen-bond acceptors (Lipinski definition) is 4. The summed E-state index contributed by atoms with van der Waals surface area (Å²) in [5, 5.41) is 7.62. The molecule has 2 aromatic rings. The number of halogens is 1. The molecule has 0 unspecified atom stereocenters. The van der Waals surface area contributed by atoms with Crippen LogP contribution in [-0.4, -0.2) is 51.8 Å². The van der Waals surface area contributed by atoms with Gasteiger partial charge >= 0.3 is 0 Å². The van der Waals surface area contributed by atoms with Crippen LogP contribution in [0.4, 0.5) is 0 Å². The van der Waals surface area contributed by atoms with Crippen LogP contribution in [0.2, 0.25) is 0 Å². The number of amides is 1. The summed E-state index contributed by atoms with van der Waals surface area (Å²) in [7, 11) is 0. The lowest BCUT2D eigenvalue weighted by atomic mass is 9.92. The topological polar surface area (TPSA) is 63.1 Å². The molecule has 7 heteroatoms. The molecule has 2 atom stereocenters. The standard InChI is InChI=1S/C18H23N5O.ClH/c1-13-8-16(23-12-20-11-21-23)2-3-17(13)18(24)22-6-4-14-9-19-10-15(14)5-7-22;/h2-3,8,11-12,14-15,19H,4-7,9-10H2,1H3;1H/t14-,15+;. The second kappa shape index (κ2) is 7.54. The number of carbonyl (C=O) groups is 1. The lowest BCUT2D eigenvalue weighted by Gasteiger charge is -2.22. The Morgan fingerprint density at radius 3 is 2.52 bits per heavy atom. The van der Waals surface area contributed by atoms with Gasteiger partial charge in [0.25, 0.3) is 5.91 Å². The van der Waals surface area contributed by atoms with Gasteiger partial charge in [-0.25, -0.2) is 9.67 Å². The van der Waals surface area contributed by atoms with Crippen molar-refractivity contribution in [3.05, 3.63) is 42.0 Å². The van der Waals surface area contributed by atoms with Gasteiger partial charge < -0.3 is 10.2 Å². The van der Waals surface area contributed by atoms with Gasteiger partial charge in [-0.15, -0.1) is 12.4 Å². The number of aryl methyl sites for hydroxylation is 1. The van der Waals surface area contributed by atoms with E-state index in [-0.39, 0.29) is 18.3 Å². The van der Waals surface area contributed by atoms with Crippen LogP contribution >= 0.6 is 12.4 Å². The van der Waals surface area contributed by atoms with Gasteiger partial charge in [-0.1, -0.05) is 0 Å². The zero-order valence-electron chi connectivity index (χ0n) is 14.4. The van der Waals surface area contributed by atoms with Crippen LogP contribution in [-0.2, 0) is 0 Å². The Morgan fingerprint density at radius 2 is 1.92 bits per heavy atom. The number of benzene rings is 1. The maximum Gasteiger partial charge on any atom is 0.254 e. The van der Waals surface area contributed by atoms with E-state index in [9.17, 15) is 4.79 Å². The van der Waals surface area contributed by atoms with Crippen molar-refractivity contribution < 1.29 is 4.79 Å². The molecule has 0 spiro atoms. The van der Waals surface area contributed by atoms with Gasteiger partial charge in [0, 0.05) is 18.7 Å². The van der Waals surface area contributed by atoms with Gasteiger partial charge in [0.1, 0.15) is 12.7 Å². The molecular weight excluding hydrogens is 338 g/mol. The van der Waals surface area contributed by atoms with Crippen LogP contribution in [0.5, 0.6) is 0 Å². The molecular formula is C18H24ClN5O. The molecule has 2 saturated heterocycles. The van der Waals surface area contributed by atoms with Crippen molar-refractivity contribution in [3.8, 4) is 5.69 Å². The molecule has 1 aromatic heterocycles. The molecule has 1 aromatic carbocycles. The van der Waals surface area contributed by atoms with Crippen molar-refractivity contribution in [2.75, 3.05) is 26.2 Å². The zero-order chi connectivity index (χ0) is 16.5. The largest absolute Gasteiger partial charge is 0.339 e. The number of nitrogens with zero attached hydrogens (tertiary/aromatic N) is 4. The average molecular weight is 362 g/mol. The fourth-order valence-electron chi connectivity index (χ4n) is 3.96. The zero-order valence-corrected chi connectivity index (χ0v) is 15.2. The first-order chi connectivity index (χ1) is 11.7. The molecule has 1 N–H and O–H groups in total. The first kappa shape index (κ1) is 17.9. The van der Waals surface area contributed by atoms with Crippen molar-refractivity contribution in [1.82, 2.24) is 25.0 Å². The van der Waals surface area contributed by atoms with E-state index in [1.165, 1.54) is 6.33 Å². The minimum atomic E-state index is 0. The third-order valence-corrected chi connectivity index (χ3v) is 5.43. The number of nitrogens with one attached hydrogen (secondary N) is 1. The van der Waals surface area contributed by atoms with Crippen LogP contribution in [0.25, 0.3) is 5.69 Å². The van der Waals surface area contributed by atoms with E-state index in [4.69, 9.17) is 0 Å². The smallest absolute Gasteiger partial charge is 0.254 e. The van der Waals surface area contributed by atoms with Crippen LogP contribution in [0.1, 0.15) is 28.8 Å². The summed E-state index contributed by atoms with van der Waals surface area (Å²) in [6, 6.07) is 5.85. The fourth-order valence-corrected chi connectivity index (χ4v) is 3.96. The molecule has 4 rings (SSSR count). The number of likely N-dealkylation sites (tertiary alicyclic amines) is 1. The Morgan fingerprint density at radius 1 is 1.20 bits per heavy atom. The highest BCUT2D eigenvalue weighted by Crippen LogP contribution is 2.28.